The molecule has 18 heavy (non-hydrogen) atoms. The van der Waals surface area contributed by atoms with Crippen LogP contribution in [0, 0.1) is 0 Å². The summed E-state index contributed by atoms with van der Waals surface area (Å²) in [5, 5.41) is 0. The van der Waals surface area contributed by atoms with Gasteiger partial charge in [-0.05, 0) is 18.2 Å². The summed E-state index contributed by atoms with van der Waals surface area (Å²) in [5.74, 6) is 1.27. The van der Waals surface area contributed by atoms with Gasteiger partial charge in [-0.15, -0.1) is 0 Å². The molecule has 0 bridgehead atoms. The van der Waals surface area contributed by atoms with Crippen molar-refractivity contribution >= 4 is 23.7 Å². The molecule has 1 aromatic carbocycles. The number of aromatic nitrogens is 4. The van der Waals surface area contributed by atoms with Crippen LogP contribution in [0.1, 0.15) is 5.82 Å². The molecule has 0 aliphatic carbocycles. The van der Waals surface area contributed by atoms with Crippen molar-refractivity contribution in [3.63, 3.8) is 0 Å². The largest absolute Gasteiger partial charge is 0.334 e. The van der Waals surface area contributed by atoms with Crippen molar-refractivity contribution in [3.8, 4) is 11.3 Å². The molecule has 0 N–H and O–H groups in total. The topological polar surface area (TPSA) is 43.6 Å². The maximum absolute atomic E-state index is 4.45. The minimum absolute atomic E-state index is 0.541. The summed E-state index contributed by atoms with van der Waals surface area (Å²) < 4.78 is 2.00. The second kappa shape index (κ2) is 4.42. The van der Waals surface area contributed by atoms with E-state index in [1.54, 1.807) is 6.20 Å². The van der Waals surface area contributed by atoms with Crippen molar-refractivity contribution in [2.45, 2.75) is 5.75 Å². The van der Waals surface area contributed by atoms with Crippen LogP contribution in [0.5, 0.6) is 0 Å². The Labute approximate surface area is 110 Å². The highest BCUT2D eigenvalue weighted by Gasteiger charge is 2.05. The fourth-order valence-electron chi connectivity index (χ4n) is 1.93. The highest BCUT2D eigenvalue weighted by atomic mass is 32.1. The van der Waals surface area contributed by atoms with Crippen LogP contribution in [-0.4, -0.2) is 19.5 Å². The molecular weight excluding hydrogens is 244 g/mol. The van der Waals surface area contributed by atoms with Gasteiger partial charge < -0.3 is 4.57 Å². The monoisotopic (exact) mass is 256 g/mol. The van der Waals surface area contributed by atoms with Crippen molar-refractivity contribution in [1.82, 2.24) is 19.5 Å². The highest BCUT2D eigenvalue weighted by Crippen LogP contribution is 2.21. The predicted octanol–water partition coefficient (Wildman–Crippen LogP) is 2.46. The lowest BCUT2D eigenvalue weighted by Crippen LogP contribution is -1.93. The van der Waals surface area contributed by atoms with E-state index in [2.05, 4.69) is 39.7 Å². The first-order chi connectivity index (χ1) is 8.78. The number of imidazole rings is 1. The summed E-state index contributed by atoms with van der Waals surface area (Å²) in [6, 6.07) is 8.05. The van der Waals surface area contributed by atoms with Crippen LogP contribution in [0.15, 0.2) is 36.8 Å². The molecule has 2 aromatic heterocycles. The molecule has 0 saturated heterocycles. The third-order valence-electron chi connectivity index (χ3n) is 2.87. The van der Waals surface area contributed by atoms with Gasteiger partial charge in [0.1, 0.15) is 5.82 Å². The van der Waals surface area contributed by atoms with Gasteiger partial charge in [-0.3, -0.25) is 0 Å². The summed E-state index contributed by atoms with van der Waals surface area (Å²) in [6.45, 7) is 0. The fraction of sp³-hybridized carbons (Fsp3) is 0.154. The minimum atomic E-state index is 0.541. The molecule has 90 valence electrons. The molecule has 3 rings (SSSR count). The molecule has 5 heteroatoms. The Kier molecular flexibility index (Phi) is 2.76. The van der Waals surface area contributed by atoms with E-state index in [0.29, 0.717) is 5.75 Å². The molecule has 0 amide bonds. The first-order valence-electron chi connectivity index (χ1n) is 5.62. The Morgan fingerprint density at radius 1 is 1.22 bits per heavy atom. The Bertz CT molecular complexity index is 705. The average Bonchev–Trinajstić information content (AvgIpc) is 2.80. The quantitative estimate of drug-likeness (QED) is 0.716. The fourth-order valence-corrected chi connectivity index (χ4v) is 2.08. The van der Waals surface area contributed by atoms with E-state index < -0.39 is 0 Å². The van der Waals surface area contributed by atoms with Crippen molar-refractivity contribution in [2.75, 3.05) is 0 Å². The summed E-state index contributed by atoms with van der Waals surface area (Å²) in [4.78, 5) is 12.9. The second-order valence-electron chi connectivity index (χ2n) is 4.08. The number of hydrogen-bond donors (Lipinski definition) is 1. The Morgan fingerprint density at radius 3 is 2.94 bits per heavy atom. The number of fused-ring (bicyclic) bond motifs is 1. The van der Waals surface area contributed by atoms with Gasteiger partial charge in [-0.1, -0.05) is 6.07 Å². The molecule has 0 aliphatic rings. The van der Waals surface area contributed by atoms with Crippen molar-refractivity contribution < 1.29 is 0 Å². The van der Waals surface area contributed by atoms with Gasteiger partial charge in [0.05, 0.1) is 28.8 Å². The molecule has 0 atom stereocenters. The highest BCUT2D eigenvalue weighted by molar-refractivity contribution is 7.79. The van der Waals surface area contributed by atoms with Crippen molar-refractivity contribution in [1.29, 1.82) is 0 Å². The lowest BCUT2D eigenvalue weighted by atomic mass is 10.1. The van der Waals surface area contributed by atoms with Crippen molar-refractivity contribution in [3.05, 3.63) is 42.6 Å². The van der Waals surface area contributed by atoms with Crippen LogP contribution < -0.4 is 0 Å². The number of nitrogens with zero attached hydrogens (tertiary/aromatic N) is 4. The first-order valence-corrected chi connectivity index (χ1v) is 6.25. The molecule has 3 aromatic rings. The van der Waals surface area contributed by atoms with E-state index in [0.717, 1.165) is 28.1 Å². The van der Waals surface area contributed by atoms with Crippen LogP contribution in [0.2, 0.25) is 0 Å². The normalized spacial score (nSPS) is 11.0. The summed E-state index contributed by atoms with van der Waals surface area (Å²) in [6.07, 6.45) is 3.57. The average molecular weight is 256 g/mol. The molecule has 0 fully saturated rings. The zero-order valence-electron chi connectivity index (χ0n) is 9.91. The smallest absolute Gasteiger partial charge is 0.138 e. The predicted molar refractivity (Wildman–Crippen MR) is 74.4 cm³/mol. The van der Waals surface area contributed by atoms with E-state index in [9.17, 15) is 0 Å². The molecule has 0 saturated carbocycles. The molecule has 0 aliphatic heterocycles. The third kappa shape index (κ3) is 1.86. The second-order valence-corrected chi connectivity index (χ2v) is 4.39. The van der Waals surface area contributed by atoms with Crippen LogP contribution in [0.4, 0.5) is 0 Å². The third-order valence-corrected chi connectivity index (χ3v) is 3.15. The van der Waals surface area contributed by atoms with Gasteiger partial charge in [0.25, 0.3) is 0 Å². The number of thiol groups is 1. The van der Waals surface area contributed by atoms with Gasteiger partial charge in [-0.2, -0.15) is 12.6 Å². The van der Waals surface area contributed by atoms with Gasteiger partial charge in [0.15, 0.2) is 0 Å². The number of benzene rings is 1. The van der Waals surface area contributed by atoms with Crippen LogP contribution in [0.3, 0.4) is 0 Å². The van der Waals surface area contributed by atoms with Crippen LogP contribution in [-0.2, 0) is 12.8 Å². The van der Waals surface area contributed by atoms with Gasteiger partial charge in [-0.25, -0.2) is 15.0 Å². The van der Waals surface area contributed by atoms with E-state index in [-0.39, 0.29) is 0 Å². The molecule has 2 heterocycles. The number of hydrogen-bond acceptors (Lipinski definition) is 4. The van der Waals surface area contributed by atoms with E-state index >= 15 is 0 Å². The maximum Gasteiger partial charge on any atom is 0.138 e. The van der Waals surface area contributed by atoms with E-state index in [4.69, 9.17) is 0 Å². The lowest BCUT2D eigenvalue weighted by molar-refractivity contribution is 0.947. The van der Waals surface area contributed by atoms with Crippen LogP contribution >= 0.6 is 12.6 Å². The molecular formula is C13H12N4S. The number of rotatable bonds is 2. The molecule has 4 nitrogen and oxygen atoms in total. The Hall–Kier alpha value is -1.88. The van der Waals surface area contributed by atoms with Crippen LogP contribution in [0.25, 0.3) is 22.3 Å². The zero-order valence-corrected chi connectivity index (χ0v) is 10.8. The SMILES string of the molecule is Cn1cnc2cc(-c3ccnc(CS)n3)ccc21. The van der Waals surface area contributed by atoms with E-state index in [1.165, 1.54) is 0 Å². The van der Waals surface area contributed by atoms with Crippen molar-refractivity contribution in [2.24, 2.45) is 7.05 Å². The summed E-state index contributed by atoms with van der Waals surface area (Å²) >= 11 is 4.19. The molecule has 0 unspecified atom stereocenters. The van der Waals surface area contributed by atoms with Gasteiger partial charge in [0.2, 0.25) is 0 Å². The lowest BCUT2D eigenvalue weighted by Gasteiger charge is -2.03. The number of aryl methyl sites for hydroxylation is 1. The first kappa shape index (κ1) is 11.2. The minimum Gasteiger partial charge on any atom is -0.334 e. The molecule has 0 spiro atoms. The standard InChI is InChI=1S/C13H12N4S/c1-17-8-15-11-6-9(2-3-12(11)17)10-4-5-14-13(7-18)16-10/h2-6,8,18H,7H2,1H3. The van der Waals surface area contributed by atoms with E-state index in [1.807, 2.05) is 30.1 Å². The summed E-state index contributed by atoms with van der Waals surface area (Å²) in [7, 11) is 1.98. The zero-order chi connectivity index (χ0) is 12.5. The Morgan fingerprint density at radius 2 is 2.11 bits per heavy atom. The van der Waals surface area contributed by atoms with Gasteiger partial charge >= 0.3 is 0 Å². The maximum atomic E-state index is 4.45. The molecule has 0 radical (unpaired) electrons. The summed E-state index contributed by atoms with van der Waals surface area (Å²) in [5.41, 5.74) is 4.04. The Balaban J connectivity index is 2.13. The van der Waals surface area contributed by atoms with Gasteiger partial charge in [0, 0.05) is 18.8 Å².